The second-order valence-corrected chi connectivity index (χ2v) is 3.99. The molecule has 1 aromatic heterocycles. The highest BCUT2D eigenvalue weighted by atomic mass is 16.2. The maximum Gasteiger partial charge on any atom is 0.222 e. The highest BCUT2D eigenvalue weighted by Gasteiger charge is 2.41. The fourth-order valence-corrected chi connectivity index (χ4v) is 2.45. The standard InChI is InChI=1S/C10H12N4O/c15-10-5-8-7(13-10)1-4-14(8)9-6-11-2-3-12-9/h2-3,6-8H,1,4-5H2,(H,13,15). The largest absolute Gasteiger partial charge is 0.351 e. The number of fused-ring (bicyclic) bond motifs is 1. The van der Waals surface area contributed by atoms with Crippen molar-refractivity contribution in [2.24, 2.45) is 0 Å². The summed E-state index contributed by atoms with van der Waals surface area (Å²) in [5.41, 5.74) is 0. The zero-order valence-electron chi connectivity index (χ0n) is 8.26. The highest BCUT2D eigenvalue weighted by molar-refractivity contribution is 5.81. The Morgan fingerprint density at radius 1 is 1.47 bits per heavy atom. The van der Waals surface area contributed by atoms with Gasteiger partial charge >= 0.3 is 0 Å². The van der Waals surface area contributed by atoms with Crippen LogP contribution in [0.2, 0.25) is 0 Å². The first-order chi connectivity index (χ1) is 7.34. The molecule has 1 N–H and O–H groups in total. The summed E-state index contributed by atoms with van der Waals surface area (Å²) < 4.78 is 0. The van der Waals surface area contributed by atoms with Gasteiger partial charge in [-0.25, -0.2) is 4.98 Å². The molecule has 2 aliphatic heterocycles. The molecule has 15 heavy (non-hydrogen) atoms. The van der Waals surface area contributed by atoms with Crippen molar-refractivity contribution in [3.63, 3.8) is 0 Å². The number of hydrogen-bond donors (Lipinski definition) is 1. The van der Waals surface area contributed by atoms with E-state index in [1.54, 1.807) is 18.6 Å². The van der Waals surface area contributed by atoms with E-state index in [2.05, 4.69) is 20.2 Å². The van der Waals surface area contributed by atoms with Gasteiger partial charge in [-0.1, -0.05) is 0 Å². The van der Waals surface area contributed by atoms with E-state index in [1.165, 1.54) is 0 Å². The van der Waals surface area contributed by atoms with E-state index in [0.717, 1.165) is 18.8 Å². The maximum atomic E-state index is 11.3. The van der Waals surface area contributed by atoms with E-state index >= 15 is 0 Å². The zero-order chi connectivity index (χ0) is 10.3. The summed E-state index contributed by atoms with van der Waals surface area (Å²) in [5, 5.41) is 2.99. The number of aromatic nitrogens is 2. The Bertz CT molecular complexity index is 380. The van der Waals surface area contributed by atoms with Crippen LogP contribution in [-0.4, -0.2) is 34.5 Å². The van der Waals surface area contributed by atoms with E-state index in [-0.39, 0.29) is 11.9 Å². The fourth-order valence-electron chi connectivity index (χ4n) is 2.45. The monoisotopic (exact) mass is 204 g/mol. The number of anilines is 1. The van der Waals surface area contributed by atoms with Crippen molar-refractivity contribution in [3.8, 4) is 0 Å². The lowest BCUT2D eigenvalue weighted by molar-refractivity contribution is -0.119. The summed E-state index contributed by atoms with van der Waals surface area (Å²) >= 11 is 0. The third kappa shape index (κ3) is 1.35. The van der Waals surface area contributed by atoms with Crippen molar-refractivity contribution in [2.45, 2.75) is 24.9 Å². The summed E-state index contributed by atoms with van der Waals surface area (Å²) in [6, 6.07) is 0.578. The van der Waals surface area contributed by atoms with E-state index < -0.39 is 0 Å². The highest BCUT2D eigenvalue weighted by Crippen LogP contribution is 2.28. The van der Waals surface area contributed by atoms with Crippen LogP contribution in [0.25, 0.3) is 0 Å². The third-order valence-corrected chi connectivity index (χ3v) is 3.13. The van der Waals surface area contributed by atoms with E-state index in [1.807, 2.05) is 0 Å². The minimum Gasteiger partial charge on any atom is -0.351 e. The number of amides is 1. The van der Waals surface area contributed by atoms with E-state index in [4.69, 9.17) is 0 Å². The smallest absolute Gasteiger partial charge is 0.222 e. The van der Waals surface area contributed by atoms with Gasteiger partial charge in [0, 0.05) is 25.4 Å². The molecule has 2 fully saturated rings. The van der Waals surface area contributed by atoms with Crippen molar-refractivity contribution in [3.05, 3.63) is 18.6 Å². The first-order valence-corrected chi connectivity index (χ1v) is 5.16. The second-order valence-electron chi connectivity index (χ2n) is 3.99. The summed E-state index contributed by atoms with van der Waals surface area (Å²) in [6.45, 7) is 0.953. The summed E-state index contributed by atoms with van der Waals surface area (Å²) in [4.78, 5) is 21.8. The van der Waals surface area contributed by atoms with Crippen LogP contribution >= 0.6 is 0 Å². The van der Waals surface area contributed by atoms with Crippen LogP contribution in [0.1, 0.15) is 12.8 Å². The van der Waals surface area contributed by atoms with Crippen LogP contribution < -0.4 is 10.2 Å². The minimum atomic E-state index is 0.151. The van der Waals surface area contributed by atoms with Gasteiger partial charge in [0.15, 0.2) is 0 Å². The molecular weight excluding hydrogens is 192 g/mol. The zero-order valence-corrected chi connectivity index (χ0v) is 8.26. The summed E-state index contributed by atoms with van der Waals surface area (Å²) in [5.74, 6) is 1.03. The van der Waals surface area contributed by atoms with Gasteiger partial charge in [-0.15, -0.1) is 0 Å². The molecular formula is C10H12N4O. The number of hydrogen-bond acceptors (Lipinski definition) is 4. The van der Waals surface area contributed by atoms with Crippen molar-refractivity contribution in [1.29, 1.82) is 0 Å². The number of nitrogens with one attached hydrogen (secondary N) is 1. The van der Waals surface area contributed by atoms with Gasteiger partial charge < -0.3 is 10.2 Å². The molecule has 78 valence electrons. The third-order valence-electron chi connectivity index (χ3n) is 3.13. The molecule has 2 aliphatic rings. The van der Waals surface area contributed by atoms with Gasteiger partial charge in [0.1, 0.15) is 5.82 Å². The molecule has 0 aliphatic carbocycles. The van der Waals surface area contributed by atoms with Crippen molar-refractivity contribution in [1.82, 2.24) is 15.3 Å². The SMILES string of the molecule is O=C1CC2C(CCN2c2cnccn2)N1. The lowest BCUT2D eigenvalue weighted by Crippen LogP contribution is -2.34. The number of carbonyl (C=O) groups excluding carboxylic acids is 1. The van der Waals surface area contributed by atoms with Crippen LogP contribution in [0.15, 0.2) is 18.6 Å². The Kier molecular flexibility index (Phi) is 1.83. The Morgan fingerprint density at radius 3 is 3.20 bits per heavy atom. The molecule has 0 spiro atoms. The van der Waals surface area contributed by atoms with Gasteiger partial charge in [-0.3, -0.25) is 9.78 Å². The molecule has 0 saturated carbocycles. The van der Waals surface area contributed by atoms with Gasteiger partial charge in [0.2, 0.25) is 5.91 Å². The minimum absolute atomic E-state index is 0.151. The van der Waals surface area contributed by atoms with Crippen molar-refractivity contribution in [2.75, 3.05) is 11.4 Å². The Morgan fingerprint density at radius 2 is 2.40 bits per heavy atom. The first-order valence-electron chi connectivity index (χ1n) is 5.16. The number of rotatable bonds is 1. The van der Waals surface area contributed by atoms with Crippen molar-refractivity contribution < 1.29 is 4.79 Å². The average molecular weight is 204 g/mol. The predicted molar refractivity (Wildman–Crippen MR) is 54.3 cm³/mol. The molecule has 2 atom stereocenters. The van der Waals surface area contributed by atoms with Crippen LogP contribution in [-0.2, 0) is 4.79 Å². The van der Waals surface area contributed by atoms with Gasteiger partial charge in [-0.2, -0.15) is 0 Å². The molecule has 0 aromatic carbocycles. The number of nitrogens with zero attached hydrogens (tertiary/aromatic N) is 3. The van der Waals surface area contributed by atoms with Gasteiger partial charge in [0.05, 0.1) is 18.3 Å². The summed E-state index contributed by atoms with van der Waals surface area (Å²) in [6.07, 6.45) is 6.70. The Hall–Kier alpha value is -1.65. The molecule has 1 amide bonds. The molecule has 2 unspecified atom stereocenters. The first kappa shape index (κ1) is 8.64. The number of carbonyl (C=O) groups is 1. The molecule has 1 aromatic rings. The quantitative estimate of drug-likeness (QED) is 0.696. The second kappa shape index (κ2) is 3.18. The lowest BCUT2D eigenvalue weighted by Gasteiger charge is -2.22. The van der Waals surface area contributed by atoms with Gasteiger partial charge in [-0.05, 0) is 6.42 Å². The molecule has 3 heterocycles. The van der Waals surface area contributed by atoms with Crippen LogP contribution in [0, 0.1) is 0 Å². The lowest BCUT2D eigenvalue weighted by atomic mass is 10.1. The molecule has 5 nitrogen and oxygen atoms in total. The predicted octanol–water partition coefficient (Wildman–Crippen LogP) is -0.0562. The van der Waals surface area contributed by atoms with Crippen LogP contribution in [0.4, 0.5) is 5.82 Å². The topological polar surface area (TPSA) is 58.1 Å². The van der Waals surface area contributed by atoms with Crippen LogP contribution in [0.3, 0.4) is 0 Å². The Balaban J connectivity index is 1.87. The maximum absolute atomic E-state index is 11.3. The molecule has 2 saturated heterocycles. The van der Waals surface area contributed by atoms with Gasteiger partial charge in [0.25, 0.3) is 0 Å². The molecule has 0 radical (unpaired) electrons. The molecule has 5 heteroatoms. The normalized spacial score (nSPS) is 29.1. The Labute approximate surface area is 87.5 Å². The summed E-state index contributed by atoms with van der Waals surface area (Å²) in [7, 11) is 0. The van der Waals surface area contributed by atoms with E-state index in [9.17, 15) is 4.79 Å². The molecule has 3 rings (SSSR count). The average Bonchev–Trinajstić information content (AvgIpc) is 2.77. The molecule has 0 bridgehead atoms. The van der Waals surface area contributed by atoms with Crippen molar-refractivity contribution >= 4 is 11.7 Å². The van der Waals surface area contributed by atoms with E-state index in [0.29, 0.717) is 12.5 Å². The fraction of sp³-hybridized carbons (Fsp3) is 0.500. The van der Waals surface area contributed by atoms with Crippen LogP contribution in [0.5, 0.6) is 0 Å².